The number of rotatable bonds is 5. The van der Waals surface area contributed by atoms with Gasteiger partial charge in [0.25, 0.3) is 0 Å². The third-order valence-corrected chi connectivity index (χ3v) is 7.06. The quantitative estimate of drug-likeness (QED) is 0.859. The lowest BCUT2D eigenvalue weighted by Gasteiger charge is -2.15. The predicted molar refractivity (Wildman–Crippen MR) is 85.3 cm³/mol. The fourth-order valence-corrected chi connectivity index (χ4v) is 5.26. The van der Waals surface area contributed by atoms with E-state index in [2.05, 4.69) is 20.3 Å². The van der Waals surface area contributed by atoms with Crippen LogP contribution in [0.5, 0.6) is 0 Å². The number of halogens is 1. The number of H-pyrrole nitrogens is 1. The van der Waals surface area contributed by atoms with Crippen molar-refractivity contribution in [1.82, 2.24) is 24.6 Å². The molecule has 0 aromatic carbocycles. The summed E-state index contributed by atoms with van der Waals surface area (Å²) in [5.41, 5.74) is 0.313. The SMILES string of the molecule is Cc1noc(C)c1S(=O)(=O)N1CC(CF)C(c2nc(C3CC3)n[nH]2)C1. The van der Waals surface area contributed by atoms with Crippen LogP contribution in [0.1, 0.15) is 47.8 Å². The number of nitrogens with one attached hydrogen (secondary N) is 1. The Bertz CT molecular complexity index is 869. The number of nitrogens with zero attached hydrogens (tertiary/aromatic N) is 4. The topological polar surface area (TPSA) is 105 Å². The van der Waals surface area contributed by atoms with Crippen LogP contribution in [0.3, 0.4) is 0 Å². The molecule has 25 heavy (non-hydrogen) atoms. The molecule has 2 fully saturated rings. The first-order chi connectivity index (χ1) is 11.9. The van der Waals surface area contributed by atoms with E-state index in [1.165, 1.54) is 4.31 Å². The minimum atomic E-state index is -3.79. The molecule has 1 aliphatic heterocycles. The predicted octanol–water partition coefficient (Wildman–Crippen LogP) is 1.66. The largest absolute Gasteiger partial charge is 0.360 e. The van der Waals surface area contributed by atoms with Gasteiger partial charge in [0.05, 0.1) is 6.67 Å². The van der Waals surface area contributed by atoms with E-state index in [0.29, 0.717) is 17.4 Å². The Morgan fingerprint density at radius 2 is 2.08 bits per heavy atom. The number of hydrogen-bond donors (Lipinski definition) is 1. The maximum absolute atomic E-state index is 13.6. The normalized spacial score (nSPS) is 24.9. The van der Waals surface area contributed by atoms with E-state index >= 15 is 0 Å². The van der Waals surface area contributed by atoms with Gasteiger partial charge in [0.15, 0.2) is 11.6 Å². The summed E-state index contributed by atoms with van der Waals surface area (Å²) in [7, 11) is -3.79. The van der Waals surface area contributed by atoms with Crippen molar-refractivity contribution in [3.8, 4) is 0 Å². The fraction of sp³-hybridized carbons (Fsp3) is 0.667. The Labute approximate surface area is 144 Å². The molecule has 0 bridgehead atoms. The van der Waals surface area contributed by atoms with E-state index in [9.17, 15) is 12.8 Å². The number of hydrogen-bond acceptors (Lipinski definition) is 6. The summed E-state index contributed by atoms with van der Waals surface area (Å²) in [5.74, 6) is 1.17. The van der Waals surface area contributed by atoms with Gasteiger partial charge in [0, 0.05) is 30.8 Å². The molecule has 136 valence electrons. The van der Waals surface area contributed by atoms with Gasteiger partial charge < -0.3 is 4.52 Å². The minimum absolute atomic E-state index is 0.0713. The van der Waals surface area contributed by atoms with Gasteiger partial charge >= 0.3 is 0 Å². The highest BCUT2D eigenvalue weighted by Crippen LogP contribution is 2.40. The van der Waals surface area contributed by atoms with Crippen LogP contribution in [-0.2, 0) is 10.0 Å². The zero-order chi connectivity index (χ0) is 17.8. The molecule has 0 amide bonds. The van der Waals surface area contributed by atoms with Gasteiger partial charge in [-0.15, -0.1) is 0 Å². The summed E-state index contributed by atoms with van der Waals surface area (Å²) in [6.07, 6.45) is 2.14. The Morgan fingerprint density at radius 1 is 1.32 bits per heavy atom. The summed E-state index contributed by atoms with van der Waals surface area (Å²) in [6.45, 7) is 2.80. The van der Waals surface area contributed by atoms with Crippen LogP contribution < -0.4 is 0 Å². The van der Waals surface area contributed by atoms with Crippen LogP contribution in [0, 0.1) is 19.8 Å². The zero-order valence-electron chi connectivity index (χ0n) is 14.1. The molecule has 0 spiro atoms. The van der Waals surface area contributed by atoms with Crippen LogP contribution in [0.2, 0.25) is 0 Å². The van der Waals surface area contributed by atoms with Crippen LogP contribution in [0.15, 0.2) is 9.42 Å². The summed E-state index contributed by atoms with van der Waals surface area (Å²) in [4.78, 5) is 4.55. The average molecular weight is 369 g/mol. The zero-order valence-corrected chi connectivity index (χ0v) is 14.9. The van der Waals surface area contributed by atoms with Crippen molar-refractivity contribution in [2.24, 2.45) is 5.92 Å². The molecule has 1 aliphatic carbocycles. The molecule has 2 atom stereocenters. The van der Waals surface area contributed by atoms with E-state index in [0.717, 1.165) is 18.7 Å². The van der Waals surface area contributed by atoms with Crippen LogP contribution in [0.4, 0.5) is 4.39 Å². The summed E-state index contributed by atoms with van der Waals surface area (Å²) >= 11 is 0. The molecular weight excluding hydrogens is 349 g/mol. The average Bonchev–Trinajstić information content (AvgIpc) is 3.00. The van der Waals surface area contributed by atoms with Crippen molar-refractivity contribution in [3.63, 3.8) is 0 Å². The highest BCUT2D eigenvalue weighted by molar-refractivity contribution is 7.89. The second kappa shape index (κ2) is 5.87. The van der Waals surface area contributed by atoms with Gasteiger partial charge in [0.1, 0.15) is 16.4 Å². The number of alkyl halides is 1. The molecule has 10 heteroatoms. The Kier molecular flexibility index (Phi) is 3.91. The molecule has 3 heterocycles. The lowest BCUT2D eigenvalue weighted by atomic mass is 9.97. The molecule has 2 aliphatic rings. The van der Waals surface area contributed by atoms with Gasteiger partial charge in [-0.2, -0.15) is 9.40 Å². The van der Waals surface area contributed by atoms with Crippen molar-refractivity contribution in [3.05, 3.63) is 23.1 Å². The Hall–Kier alpha value is -1.81. The summed E-state index contributed by atoms with van der Waals surface area (Å²) in [5, 5.41) is 10.8. The molecule has 1 saturated heterocycles. The van der Waals surface area contributed by atoms with Crippen molar-refractivity contribution < 1.29 is 17.3 Å². The Balaban J connectivity index is 1.62. The minimum Gasteiger partial charge on any atom is -0.360 e. The number of sulfonamides is 1. The first kappa shape index (κ1) is 16.6. The van der Waals surface area contributed by atoms with Gasteiger partial charge in [-0.1, -0.05) is 5.16 Å². The lowest BCUT2D eigenvalue weighted by molar-refractivity contribution is 0.345. The molecule has 1 N–H and O–H groups in total. The van der Waals surface area contributed by atoms with E-state index in [1.54, 1.807) is 13.8 Å². The lowest BCUT2D eigenvalue weighted by Crippen LogP contribution is -2.30. The van der Waals surface area contributed by atoms with E-state index in [4.69, 9.17) is 4.52 Å². The molecule has 2 aromatic heterocycles. The first-order valence-electron chi connectivity index (χ1n) is 8.33. The van der Waals surface area contributed by atoms with Crippen molar-refractivity contribution in [1.29, 1.82) is 0 Å². The molecule has 2 unspecified atom stereocenters. The number of aromatic nitrogens is 4. The molecule has 2 aromatic rings. The highest BCUT2D eigenvalue weighted by Gasteiger charge is 2.43. The maximum Gasteiger partial charge on any atom is 0.248 e. The molecular formula is C15H20FN5O3S. The van der Waals surface area contributed by atoms with Crippen LogP contribution in [-0.4, -0.2) is 52.8 Å². The van der Waals surface area contributed by atoms with Crippen molar-refractivity contribution in [2.75, 3.05) is 19.8 Å². The van der Waals surface area contributed by atoms with E-state index in [-0.39, 0.29) is 29.7 Å². The molecule has 1 saturated carbocycles. The highest BCUT2D eigenvalue weighted by atomic mass is 32.2. The summed E-state index contributed by atoms with van der Waals surface area (Å²) in [6, 6.07) is 0. The molecule has 8 nitrogen and oxygen atoms in total. The van der Waals surface area contributed by atoms with E-state index < -0.39 is 22.6 Å². The van der Waals surface area contributed by atoms with Crippen LogP contribution >= 0.6 is 0 Å². The molecule has 0 radical (unpaired) electrons. The van der Waals surface area contributed by atoms with Gasteiger partial charge in [0.2, 0.25) is 10.0 Å². The number of aromatic amines is 1. The first-order valence-corrected chi connectivity index (χ1v) is 9.77. The fourth-order valence-electron chi connectivity index (χ4n) is 3.44. The maximum atomic E-state index is 13.6. The second-order valence-corrected chi connectivity index (χ2v) is 8.72. The monoisotopic (exact) mass is 369 g/mol. The van der Waals surface area contributed by atoms with Gasteiger partial charge in [-0.25, -0.2) is 13.4 Å². The van der Waals surface area contributed by atoms with E-state index in [1.807, 2.05) is 0 Å². The standard InChI is InChI=1S/C15H20FN5O3S/c1-8-13(9(2)24-20-8)25(22,23)21-6-11(5-16)12(7-21)15-17-14(18-19-15)10-3-4-10/h10-12H,3-7H2,1-2H3,(H,17,18,19). The van der Waals surface area contributed by atoms with Crippen molar-refractivity contribution in [2.45, 2.75) is 43.4 Å². The second-order valence-electron chi connectivity index (χ2n) is 6.85. The third kappa shape index (κ3) is 2.77. The van der Waals surface area contributed by atoms with Crippen LogP contribution in [0.25, 0.3) is 0 Å². The van der Waals surface area contributed by atoms with Gasteiger partial charge in [-0.3, -0.25) is 9.49 Å². The number of aryl methyl sites for hydroxylation is 2. The molecule has 4 rings (SSSR count). The van der Waals surface area contributed by atoms with Gasteiger partial charge in [-0.05, 0) is 26.7 Å². The smallest absolute Gasteiger partial charge is 0.248 e. The third-order valence-electron chi connectivity index (χ3n) is 4.99. The van der Waals surface area contributed by atoms with Crippen molar-refractivity contribution >= 4 is 10.0 Å². The summed E-state index contributed by atoms with van der Waals surface area (Å²) < 4.78 is 45.8. The Morgan fingerprint density at radius 3 is 2.68 bits per heavy atom.